The fourth-order valence-corrected chi connectivity index (χ4v) is 2.35. The minimum absolute atomic E-state index is 0. The molecule has 1 aromatic heterocycles. The van der Waals surface area contributed by atoms with Gasteiger partial charge in [0.25, 0.3) is 0 Å². The third-order valence-corrected chi connectivity index (χ3v) is 3.98. The number of nitrogens with zero attached hydrogens (tertiary/aromatic N) is 1. The summed E-state index contributed by atoms with van der Waals surface area (Å²) in [4.78, 5) is 12.1. The number of nitrogens with one attached hydrogen (secondary N) is 2. The molecule has 1 atom stereocenters. The lowest BCUT2D eigenvalue weighted by Crippen LogP contribution is -2.49. The molecule has 1 saturated heterocycles. The number of amides is 1. The van der Waals surface area contributed by atoms with Crippen molar-refractivity contribution in [2.24, 2.45) is 11.8 Å². The van der Waals surface area contributed by atoms with Crippen LogP contribution in [0.1, 0.15) is 37.8 Å². The van der Waals surface area contributed by atoms with Gasteiger partial charge in [-0.3, -0.25) is 4.79 Å². The van der Waals surface area contributed by atoms with Crippen molar-refractivity contribution in [3.05, 3.63) is 17.0 Å². The Morgan fingerprint density at radius 3 is 2.65 bits per heavy atom. The monoisotopic (exact) mass is 301 g/mol. The second kappa shape index (κ2) is 7.64. The summed E-state index contributed by atoms with van der Waals surface area (Å²) >= 11 is 0. The van der Waals surface area contributed by atoms with Gasteiger partial charge in [0, 0.05) is 24.4 Å². The lowest BCUT2D eigenvalue weighted by molar-refractivity contribution is -0.126. The fourth-order valence-electron chi connectivity index (χ4n) is 2.35. The second-order valence-corrected chi connectivity index (χ2v) is 5.16. The number of hydrogen-bond donors (Lipinski definition) is 2. The largest absolute Gasteiger partial charge is 0.361 e. The van der Waals surface area contributed by atoms with Gasteiger partial charge >= 0.3 is 0 Å². The highest BCUT2D eigenvalue weighted by atomic mass is 35.5. The van der Waals surface area contributed by atoms with Crippen LogP contribution in [0.5, 0.6) is 0 Å². The molecule has 1 fully saturated rings. The van der Waals surface area contributed by atoms with Crippen LogP contribution in [0.4, 0.5) is 0 Å². The Bertz CT molecular complexity index is 422. The number of rotatable bonds is 6. The minimum atomic E-state index is 0. The van der Waals surface area contributed by atoms with E-state index in [1.165, 1.54) is 0 Å². The first-order valence-corrected chi connectivity index (χ1v) is 7.12. The normalized spacial score (nSPS) is 16.1. The van der Waals surface area contributed by atoms with Gasteiger partial charge in [0.05, 0.1) is 5.69 Å². The fraction of sp³-hybridized carbons (Fsp3) is 0.714. The van der Waals surface area contributed by atoms with E-state index in [1.54, 1.807) is 0 Å². The molecule has 0 bridgehead atoms. The van der Waals surface area contributed by atoms with Crippen molar-refractivity contribution in [1.29, 1.82) is 0 Å². The summed E-state index contributed by atoms with van der Waals surface area (Å²) in [6, 6.07) is 0. The van der Waals surface area contributed by atoms with Crippen LogP contribution < -0.4 is 10.6 Å². The molecule has 1 unspecified atom stereocenters. The number of halogens is 1. The Labute approximate surface area is 126 Å². The van der Waals surface area contributed by atoms with Crippen molar-refractivity contribution >= 4 is 18.3 Å². The molecule has 6 heteroatoms. The van der Waals surface area contributed by atoms with Crippen LogP contribution in [0.3, 0.4) is 0 Å². The molecule has 2 N–H and O–H groups in total. The summed E-state index contributed by atoms with van der Waals surface area (Å²) in [5.74, 6) is 1.54. The molecule has 2 rings (SSSR count). The maximum absolute atomic E-state index is 12.1. The maximum atomic E-state index is 12.1. The lowest BCUT2D eigenvalue weighted by Gasteiger charge is -2.31. The molecule has 0 spiro atoms. The standard InChI is InChI=1S/C14H23N3O2.ClH/c1-4-12-11(13(5-2)19-17-12)8-16-14(18)9(3)10-6-15-7-10;/h9-10,15H,4-8H2,1-3H3,(H,16,18);1H. The molecule has 20 heavy (non-hydrogen) atoms. The molecule has 1 aliphatic heterocycles. The minimum Gasteiger partial charge on any atom is -0.361 e. The number of carbonyl (C=O) groups excluding carboxylic acids is 1. The predicted octanol–water partition coefficient (Wildman–Crippen LogP) is 1.69. The summed E-state index contributed by atoms with van der Waals surface area (Å²) < 4.78 is 5.30. The Kier molecular flexibility index (Phi) is 6.49. The molecule has 0 radical (unpaired) electrons. The van der Waals surface area contributed by atoms with Crippen LogP contribution in [-0.2, 0) is 24.2 Å². The zero-order valence-corrected chi connectivity index (χ0v) is 13.2. The van der Waals surface area contributed by atoms with Gasteiger partial charge in [0.2, 0.25) is 5.91 Å². The molecule has 114 valence electrons. The maximum Gasteiger partial charge on any atom is 0.223 e. The van der Waals surface area contributed by atoms with Gasteiger partial charge in [-0.1, -0.05) is 25.9 Å². The van der Waals surface area contributed by atoms with Gasteiger partial charge in [-0.15, -0.1) is 12.4 Å². The molecular formula is C14H24ClN3O2. The number of aryl methyl sites for hydroxylation is 2. The van der Waals surface area contributed by atoms with Crippen LogP contribution in [0.25, 0.3) is 0 Å². The smallest absolute Gasteiger partial charge is 0.223 e. The molecule has 1 aliphatic rings. The molecule has 0 saturated carbocycles. The van der Waals surface area contributed by atoms with E-state index in [9.17, 15) is 4.79 Å². The van der Waals surface area contributed by atoms with Crippen molar-refractivity contribution in [3.8, 4) is 0 Å². The van der Waals surface area contributed by atoms with E-state index in [0.29, 0.717) is 12.5 Å². The first kappa shape index (κ1) is 17.0. The summed E-state index contributed by atoms with van der Waals surface area (Å²) in [5.41, 5.74) is 2.01. The van der Waals surface area contributed by atoms with Crippen LogP contribution in [-0.4, -0.2) is 24.2 Å². The summed E-state index contributed by atoms with van der Waals surface area (Å²) in [5, 5.41) is 10.3. The molecular weight excluding hydrogens is 278 g/mol. The van der Waals surface area contributed by atoms with E-state index >= 15 is 0 Å². The lowest BCUT2D eigenvalue weighted by atomic mass is 9.88. The van der Waals surface area contributed by atoms with Crippen molar-refractivity contribution < 1.29 is 9.32 Å². The Balaban J connectivity index is 0.00000200. The number of aromatic nitrogens is 1. The van der Waals surface area contributed by atoms with Gasteiger partial charge < -0.3 is 15.2 Å². The molecule has 1 aromatic rings. The number of carbonyl (C=O) groups is 1. The SMILES string of the molecule is CCc1noc(CC)c1CNC(=O)C(C)C1CNC1.Cl. The van der Waals surface area contributed by atoms with Crippen LogP contribution in [0.2, 0.25) is 0 Å². The average molecular weight is 302 g/mol. The first-order valence-electron chi connectivity index (χ1n) is 7.12. The highest BCUT2D eigenvalue weighted by Crippen LogP contribution is 2.18. The van der Waals surface area contributed by atoms with E-state index in [1.807, 2.05) is 20.8 Å². The van der Waals surface area contributed by atoms with Crippen LogP contribution >= 0.6 is 12.4 Å². The highest BCUT2D eigenvalue weighted by Gasteiger charge is 2.28. The molecule has 0 aromatic carbocycles. The summed E-state index contributed by atoms with van der Waals surface area (Å²) in [6.45, 7) is 8.50. The predicted molar refractivity (Wildman–Crippen MR) is 79.9 cm³/mol. The first-order chi connectivity index (χ1) is 9.17. The van der Waals surface area contributed by atoms with Gasteiger partial charge in [-0.2, -0.15) is 0 Å². The summed E-state index contributed by atoms with van der Waals surface area (Å²) in [6.07, 6.45) is 1.64. The Morgan fingerprint density at radius 2 is 2.15 bits per heavy atom. The third kappa shape index (κ3) is 3.52. The Morgan fingerprint density at radius 1 is 1.45 bits per heavy atom. The zero-order chi connectivity index (χ0) is 13.8. The van der Waals surface area contributed by atoms with Crippen LogP contribution in [0, 0.1) is 11.8 Å². The third-order valence-electron chi connectivity index (χ3n) is 3.98. The summed E-state index contributed by atoms with van der Waals surface area (Å²) in [7, 11) is 0. The van der Waals surface area contributed by atoms with Gasteiger partial charge in [-0.05, 0) is 25.4 Å². The van der Waals surface area contributed by atoms with E-state index in [4.69, 9.17) is 4.52 Å². The van der Waals surface area contributed by atoms with E-state index in [-0.39, 0.29) is 24.2 Å². The van der Waals surface area contributed by atoms with Crippen molar-refractivity contribution in [3.63, 3.8) is 0 Å². The van der Waals surface area contributed by atoms with Crippen molar-refractivity contribution in [2.75, 3.05) is 13.1 Å². The van der Waals surface area contributed by atoms with E-state index < -0.39 is 0 Å². The average Bonchev–Trinajstić information content (AvgIpc) is 2.75. The van der Waals surface area contributed by atoms with E-state index in [0.717, 1.165) is 42.9 Å². The molecule has 1 amide bonds. The zero-order valence-electron chi connectivity index (χ0n) is 12.4. The van der Waals surface area contributed by atoms with Gasteiger partial charge in [0.15, 0.2) is 0 Å². The second-order valence-electron chi connectivity index (χ2n) is 5.16. The van der Waals surface area contributed by atoms with Crippen molar-refractivity contribution in [2.45, 2.75) is 40.2 Å². The molecule has 5 nitrogen and oxygen atoms in total. The molecule has 2 heterocycles. The Hall–Kier alpha value is -1.07. The molecule has 0 aliphatic carbocycles. The van der Waals surface area contributed by atoms with Gasteiger partial charge in [0.1, 0.15) is 5.76 Å². The van der Waals surface area contributed by atoms with E-state index in [2.05, 4.69) is 15.8 Å². The van der Waals surface area contributed by atoms with Crippen molar-refractivity contribution in [1.82, 2.24) is 15.8 Å². The topological polar surface area (TPSA) is 67.2 Å². The van der Waals surface area contributed by atoms with Crippen LogP contribution in [0.15, 0.2) is 4.52 Å². The quantitative estimate of drug-likeness (QED) is 0.839. The van der Waals surface area contributed by atoms with Gasteiger partial charge in [-0.25, -0.2) is 0 Å². The highest BCUT2D eigenvalue weighted by molar-refractivity contribution is 5.85. The number of hydrogen-bond acceptors (Lipinski definition) is 4.